The first-order valence-electron chi connectivity index (χ1n) is 9.52. The Morgan fingerprint density at radius 2 is 1.82 bits per heavy atom. The molecule has 0 saturated heterocycles. The molecule has 168 valence electrons. The number of carbonyl (C=O) groups is 1. The van der Waals surface area contributed by atoms with Crippen LogP contribution >= 0.6 is 0 Å². The van der Waals surface area contributed by atoms with E-state index < -0.39 is 34.7 Å². The zero-order valence-electron chi connectivity index (χ0n) is 17.3. The number of benzene rings is 2. The number of anilines is 1. The van der Waals surface area contributed by atoms with Crippen molar-refractivity contribution in [2.75, 3.05) is 12.4 Å². The zero-order chi connectivity index (χ0) is 23.5. The van der Waals surface area contributed by atoms with E-state index >= 15 is 0 Å². The molecular weight excluding hydrogens is 439 g/mol. The van der Waals surface area contributed by atoms with Crippen molar-refractivity contribution in [2.24, 2.45) is 0 Å². The van der Waals surface area contributed by atoms with Crippen LogP contribution in [0.3, 0.4) is 0 Å². The van der Waals surface area contributed by atoms with Crippen LogP contribution < -0.4 is 14.8 Å². The summed E-state index contributed by atoms with van der Waals surface area (Å²) in [7, 11) is 0.971. The summed E-state index contributed by atoms with van der Waals surface area (Å²) < 4.78 is 53.4. The molecule has 0 atom stereocenters. The highest BCUT2D eigenvalue weighted by Crippen LogP contribution is 2.28. The van der Waals surface area contributed by atoms with Gasteiger partial charge in [-0.05, 0) is 43.3 Å². The van der Waals surface area contributed by atoms with Gasteiger partial charge in [-0.2, -0.15) is 14.5 Å². The second-order valence-corrected chi connectivity index (χ2v) is 6.71. The number of hydrogen-bond donors (Lipinski definition) is 1. The normalized spacial score (nSPS) is 10.7. The monoisotopic (exact) mass is 455 g/mol. The molecule has 0 saturated carbocycles. The van der Waals surface area contributed by atoms with Crippen LogP contribution in [0.25, 0.3) is 5.82 Å². The summed E-state index contributed by atoms with van der Waals surface area (Å²) in [6.07, 6.45) is 3.35. The van der Waals surface area contributed by atoms with Gasteiger partial charge in [0.05, 0.1) is 12.7 Å². The Balaban J connectivity index is 1.50. The standard InChI is InChI=1S/C22H16F3N5O3/c1-12-27-17(30-9-3-8-26-30)11-18(28-12)33-14-6-4-13(5-7-14)29-22(31)15-10-16(23)20(25)21(32-2)19(15)24/h3-11H,1-2H3,(H,29,31). The van der Waals surface area contributed by atoms with Crippen molar-refractivity contribution in [1.29, 1.82) is 0 Å². The fraction of sp³-hybridized carbons (Fsp3) is 0.0909. The number of hydrogen-bond acceptors (Lipinski definition) is 6. The number of aryl methyl sites for hydroxylation is 1. The molecular formula is C22H16F3N5O3. The molecule has 0 aliphatic heterocycles. The molecule has 4 rings (SSSR count). The van der Waals surface area contributed by atoms with Gasteiger partial charge in [0.2, 0.25) is 11.7 Å². The van der Waals surface area contributed by atoms with E-state index in [9.17, 15) is 18.0 Å². The van der Waals surface area contributed by atoms with E-state index in [-0.39, 0.29) is 11.6 Å². The van der Waals surface area contributed by atoms with Crippen LogP contribution in [0.4, 0.5) is 18.9 Å². The summed E-state index contributed by atoms with van der Waals surface area (Å²) in [5.41, 5.74) is -0.430. The molecule has 1 N–H and O–H groups in total. The second kappa shape index (κ2) is 8.99. The summed E-state index contributed by atoms with van der Waals surface area (Å²) in [5, 5.41) is 6.53. The number of nitrogens with one attached hydrogen (secondary N) is 1. The van der Waals surface area contributed by atoms with E-state index in [0.29, 0.717) is 23.5 Å². The molecule has 0 radical (unpaired) electrons. The van der Waals surface area contributed by atoms with Crippen molar-refractivity contribution in [3.8, 4) is 23.2 Å². The average Bonchev–Trinajstić information content (AvgIpc) is 3.33. The molecule has 0 fully saturated rings. The van der Waals surface area contributed by atoms with Gasteiger partial charge in [0.15, 0.2) is 23.2 Å². The molecule has 2 heterocycles. The minimum atomic E-state index is -1.51. The lowest BCUT2D eigenvalue weighted by Gasteiger charge is -2.11. The molecule has 2 aromatic carbocycles. The van der Waals surface area contributed by atoms with Crippen molar-refractivity contribution >= 4 is 11.6 Å². The summed E-state index contributed by atoms with van der Waals surface area (Å²) >= 11 is 0. The van der Waals surface area contributed by atoms with Gasteiger partial charge < -0.3 is 14.8 Å². The maximum absolute atomic E-state index is 14.3. The largest absolute Gasteiger partial charge is 0.491 e. The molecule has 33 heavy (non-hydrogen) atoms. The minimum absolute atomic E-state index is 0.270. The first-order valence-corrected chi connectivity index (χ1v) is 9.52. The number of amides is 1. The van der Waals surface area contributed by atoms with Crippen molar-refractivity contribution in [3.05, 3.63) is 83.7 Å². The number of rotatable bonds is 6. The summed E-state index contributed by atoms with van der Waals surface area (Å²) in [6.45, 7) is 1.71. The lowest BCUT2D eigenvalue weighted by Crippen LogP contribution is -2.15. The SMILES string of the molecule is COc1c(F)c(F)cc(C(=O)Nc2ccc(Oc3cc(-n4cccn4)nc(C)n3)cc2)c1F. The third-order valence-electron chi connectivity index (χ3n) is 4.44. The fourth-order valence-corrected chi connectivity index (χ4v) is 2.95. The Morgan fingerprint density at radius 3 is 2.48 bits per heavy atom. The van der Waals surface area contributed by atoms with Crippen LogP contribution in [0, 0.1) is 24.4 Å². The average molecular weight is 455 g/mol. The fourth-order valence-electron chi connectivity index (χ4n) is 2.95. The first-order chi connectivity index (χ1) is 15.9. The molecule has 0 aliphatic carbocycles. The Morgan fingerprint density at radius 1 is 1.06 bits per heavy atom. The van der Waals surface area contributed by atoms with Gasteiger partial charge in [-0.15, -0.1) is 0 Å². The number of nitrogens with zero attached hydrogens (tertiary/aromatic N) is 4. The van der Waals surface area contributed by atoms with Crippen LogP contribution in [0.2, 0.25) is 0 Å². The maximum Gasteiger partial charge on any atom is 0.258 e. The predicted octanol–water partition coefficient (Wildman–Crippen LogP) is 4.44. The predicted molar refractivity (Wildman–Crippen MR) is 111 cm³/mol. The first kappa shape index (κ1) is 21.8. The van der Waals surface area contributed by atoms with Gasteiger partial charge in [-0.3, -0.25) is 4.79 Å². The summed E-state index contributed by atoms with van der Waals surface area (Å²) in [6, 6.07) is 9.90. The van der Waals surface area contributed by atoms with Gasteiger partial charge in [-0.25, -0.2) is 18.4 Å². The van der Waals surface area contributed by atoms with Crippen molar-refractivity contribution in [3.63, 3.8) is 0 Å². The molecule has 8 nitrogen and oxygen atoms in total. The van der Waals surface area contributed by atoms with Crippen LogP contribution in [0.1, 0.15) is 16.2 Å². The Kier molecular flexibility index (Phi) is 5.94. The highest BCUT2D eigenvalue weighted by atomic mass is 19.2. The number of carbonyl (C=O) groups excluding carboxylic acids is 1. The van der Waals surface area contributed by atoms with Crippen LogP contribution in [0.15, 0.2) is 54.9 Å². The Bertz CT molecular complexity index is 1310. The van der Waals surface area contributed by atoms with Crippen molar-refractivity contribution in [2.45, 2.75) is 6.92 Å². The molecule has 0 bridgehead atoms. The van der Waals surface area contributed by atoms with Gasteiger partial charge in [0.1, 0.15) is 11.6 Å². The highest BCUT2D eigenvalue weighted by molar-refractivity contribution is 6.04. The quantitative estimate of drug-likeness (QED) is 0.432. The molecule has 1 amide bonds. The smallest absolute Gasteiger partial charge is 0.258 e. The van der Waals surface area contributed by atoms with Crippen LogP contribution in [0.5, 0.6) is 17.4 Å². The van der Waals surface area contributed by atoms with E-state index in [1.54, 1.807) is 48.3 Å². The van der Waals surface area contributed by atoms with Crippen LogP contribution in [-0.2, 0) is 0 Å². The molecule has 0 aliphatic rings. The lowest BCUT2D eigenvalue weighted by atomic mass is 10.1. The highest BCUT2D eigenvalue weighted by Gasteiger charge is 2.23. The van der Waals surface area contributed by atoms with E-state index in [1.807, 2.05) is 0 Å². The topological polar surface area (TPSA) is 91.2 Å². The van der Waals surface area contributed by atoms with E-state index in [1.165, 1.54) is 12.1 Å². The second-order valence-electron chi connectivity index (χ2n) is 6.71. The van der Waals surface area contributed by atoms with Gasteiger partial charge >= 0.3 is 0 Å². The number of ether oxygens (including phenoxy) is 2. The van der Waals surface area contributed by atoms with E-state index in [2.05, 4.69) is 25.1 Å². The molecule has 2 aromatic heterocycles. The van der Waals surface area contributed by atoms with Crippen molar-refractivity contribution < 1.29 is 27.4 Å². The number of aromatic nitrogens is 4. The van der Waals surface area contributed by atoms with Gasteiger partial charge in [-0.1, -0.05) is 0 Å². The minimum Gasteiger partial charge on any atom is -0.491 e. The van der Waals surface area contributed by atoms with Gasteiger partial charge in [0.25, 0.3) is 5.91 Å². The van der Waals surface area contributed by atoms with E-state index in [4.69, 9.17) is 4.74 Å². The Labute approximate surface area is 185 Å². The molecule has 0 spiro atoms. The third-order valence-corrected chi connectivity index (χ3v) is 4.44. The molecule has 11 heteroatoms. The van der Waals surface area contributed by atoms with Crippen molar-refractivity contribution in [1.82, 2.24) is 19.7 Å². The molecule has 0 unspecified atom stereocenters. The zero-order valence-corrected chi connectivity index (χ0v) is 17.3. The number of halogens is 3. The van der Waals surface area contributed by atoms with Crippen LogP contribution in [-0.4, -0.2) is 32.8 Å². The van der Waals surface area contributed by atoms with E-state index in [0.717, 1.165) is 7.11 Å². The maximum atomic E-state index is 14.3. The summed E-state index contributed by atoms with van der Waals surface area (Å²) in [5.74, 6) is -4.49. The molecule has 4 aromatic rings. The summed E-state index contributed by atoms with van der Waals surface area (Å²) in [4.78, 5) is 20.9. The van der Waals surface area contributed by atoms with Gasteiger partial charge in [0, 0.05) is 24.1 Å². The Hall–Kier alpha value is -4.41. The third kappa shape index (κ3) is 4.61. The number of methoxy groups -OCH3 is 1. The lowest BCUT2D eigenvalue weighted by molar-refractivity contribution is 0.102.